The molecule has 2 atom stereocenters. The van der Waals surface area contributed by atoms with Gasteiger partial charge in [-0.15, -0.1) is 0 Å². The van der Waals surface area contributed by atoms with Gasteiger partial charge in [-0.2, -0.15) is 0 Å². The van der Waals surface area contributed by atoms with Gasteiger partial charge >= 0.3 is 0 Å². The highest BCUT2D eigenvalue weighted by Gasteiger charge is 2.48. The number of nitrogens with zero attached hydrogens (tertiary/aromatic N) is 1. The molecule has 4 heteroatoms. The monoisotopic (exact) mass is 283 g/mol. The third kappa shape index (κ3) is 3.60. The summed E-state index contributed by atoms with van der Waals surface area (Å²) in [5.74, 6) is -0.597. The number of imide groups is 1. The number of hydrogen-bond donors (Lipinski definition) is 0. The van der Waals surface area contributed by atoms with Crippen molar-refractivity contribution >= 4 is 11.8 Å². The summed E-state index contributed by atoms with van der Waals surface area (Å²) in [5.41, 5.74) is -0.429. The van der Waals surface area contributed by atoms with Gasteiger partial charge in [0.2, 0.25) is 5.91 Å². The SMILES string of the molecule is CCCN1C(=O)COC(C(C)(C)C)C(C(C)(C)C)C1=O. The van der Waals surface area contributed by atoms with E-state index in [0.717, 1.165) is 6.42 Å². The van der Waals surface area contributed by atoms with Gasteiger partial charge in [0.15, 0.2) is 0 Å². The lowest BCUT2D eigenvalue weighted by Crippen LogP contribution is -2.50. The van der Waals surface area contributed by atoms with E-state index in [-0.39, 0.29) is 41.3 Å². The molecular weight excluding hydrogens is 254 g/mol. The van der Waals surface area contributed by atoms with Gasteiger partial charge < -0.3 is 4.74 Å². The first-order valence-electron chi connectivity index (χ1n) is 7.46. The van der Waals surface area contributed by atoms with Crippen LogP contribution in [0.15, 0.2) is 0 Å². The predicted octanol–water partition coefficient (Wildman–Crippen LogP) is 2.86. The van der Waals surface area contributed by atoms with Crippen LogP contribution in [0.3, 0.4) is 0 Å². The van der Waals surface area contributed by atoms with E-state index in [4.69, 9.17) is 4.74 Å². The fourth-order valence-corrected chi connectivity index (χ4v) is 2.79. The zero-order valence-corrected chi connectivity index (χ0v) is 13.9. The second-order valence-corrected chi connectivity index (χ2v) is 7.82. The summed E-state index contributed by atoms with van der Waals surface area (Å²) in [5, 5.41) is 0. The molecule has 20 heavy (non-hydrogen) atoms. The molecule has 0 saturated carbocycles. The van der Waals surface area contributed by atoms with Crippen LogP contribution in [0.2, 0.25) is 0 Å². The maximum atomic E-state index is 12.9. The number of rotatable bonds is 2. The summed E-state index contributed by atoms with van der Waals surface area (Å²) >= 11 is 0. The van der Waals surface area contributed by atoms with Crippen molar-refractivity contribution in [3.63, 3.8) is 0 Å². The smallest absolute Gasteiger partial charge is 0.255 e. The molecule has 0 aliphatic carbocycles. The lowest BCUT2D eigenvalue weighted by Gasteiger charge is -2.41. The maximum absolute atomic E-state index is 12.9. The van der Waals surface area contributed by atoms with Gasteiger partial charge in [0.1, 0.15) is 6.61 Å². The van der Waals surface area contributed by atoms with Crippen LogP contribution in [-0.2, 0) is 14.3 Å². The van der Waals surface area contributed by atoms with Gasteiger partial charge in [-0.05, 0) is 17.3 Å². The first-order chi connectivity index (χ1) is 9.00. The highest BCUT2D eigenvalue weighted by atomic mass is 16.5. The normalized spacial score (nSPS) is 25.9. The Morgan fingerprint density at radius 1 is 1.10 bits per heavy atom. The van der Waals surface area contributed by atoms with Gasteiger partial charge in [0.05, 0.1) is 12.0 Å². The molecule has 1 heterocycles. The zero-order chi connectivity index (χ0) is 15.7. The Hall–Kier alpha value is -0.900. The molecule has 1 aliphatic heterocycles. The predicted molar refractivity (Wildman–Crippen MR) is 79.2 cm³/mol. The van der Waals surface area contributed by atoms with Crippen molar-refractivity contribution in [2.75, 3.05) is 13.2 Å². The third-order valence-corrected chi connectivity index (χ3v) is 3.76. The highest BCUT2D eigenvalue weighted by molar-refractivity contribution is 5.98. The van der Waals surface area contributed by atoms with Gasteiger partial charge in [-0.25, -0.2) is 0 Å². The Bertz CT molecular complexity index is 376. The molecular formula is C16H29NO3. The molecule has 0 aromatic rings. The minimum absolute atomic E-state index is 0.000255. The average Bonchev–Trinajstić information content (AvgIpc) is 2.38. The molecule has 4 nitrogen and oxygen atoms in total. The van der Waals surface area contributed by atoms with Crippen LogP contribution in [0.25, 0.3) is 0 Å². The van der Waals surface area contributed by atoms with Crippen LogP contribution in [0.5, 0.6) is 0 Å². The Labute approximate surface area is 122 Å². The Morgan fingerprint density at radius 3 is 2.05 bits per heavy atom. The van der Waals surface area contributed by atoms with Crippen LogP contribution >= 0.6 is 0 Å². The minimum Gasteiger partial charge on any atom is -0.367 e. The van der Waals surface area contributed by atoms with Crippen molar-refractivity contribution in [2.45, 2.75) is 61.0 Å². The Morgan fingerprint density at radius 2 is 1.65 bits per heavy atom. The molecule has 2 amide bonds. The second kappa shape index (κ2) is 5.84. The van der Waals surface area contributed by atoms with Gasteiger partial charge in [0, 0.05) is 6.54 Å². The molecule has 2 unspecified atom stereocenters. The van der Waals surface area contributed by atoms with E-state index in [1.807, 2.05) is 27.7 Å². The van der Waals surface area contributed by atoms with Crippen LogP contribution < -0.4 is 0 Å². The van der Waals surface area contributed by atoms with Crippen molar-refractivity contribution in [1.82, 2.24) is 4.90 Å². The minimum atomic E-state index is -0.305. The fourth-order valence-electron chi connectivity index (χ4n) is 2.79. The van der Waals surface area contributed by atoms with Crippen molar-refractivity contribution in [3.8, 4) is 0 Å². The number of hydrogen-bond acceptors (Lipinski definition) is 3. The summed E-state index contributed by atoms with van der Waals surface area (Å²) in [6.45, 7) is 14.7. The van der Waals surface area contributed by atoms with E-state index in [2.05, 4.69) is 20.8 Å². The topological polar surface area (TPSA) is 46.6 Å². The van der Waals surface area contributed by atoms with Crippen LogP contribution in [0.1, 0.15) is 54.9 Å². The van der Waals surface area contributed by atoms with Gasteiger partial charge in [-0.1, -0.05) is 48.5 Å². The van der Waals surface area contributed by atoms with E-state index in [1.54, 1.807) is 0 Å². The van der Waals surface area contributed by atoms with Crippen molar-refractivity contribution in [2.24, 2.45) is 16.7 Å². The quantitative estimate of drug-likeness (QED) is 0.732. The second-order valence-electron chi connectivity index (χ2n) is 7.82. The van der Waals surface area contributed by atoms with E-state index in [9.17, 15) is 9.59 Å². The van der Waals surface area contributed by atoms with Crippen molar-refractivity contribution in [1.29, 1.82) is 0 Å². The third-order valence-electron chi connectivity index (χ3n) is 3.76. The van der Waals surface area contributed by atoms with Crippen LogP contribution in [0, 0.1) is 16.7 Å². The molecule has 0 N–H and O–H groups in total. The molecule has 0 bridgehead atoms. The summed E-state index contributed by atoms with van der Waals surface area (Å²) in [6.07, 6.45) is 0.523. The summed E-state index contributed by atoms with van der Waals surface area (Å²) < 4.78 is 5.85. The molecule has 1 fully saturated rings. The summed E-state index contributed by atoms with van der Waals surface area (Å²) in [6, 6.07) is 0. The maximum Gasteiger partial charge on any atom is 0.255 e. The molecule has 0 radical (unpaired) electrons. The average molecular weight is 283 g/mol. The standard InChI is InChI=1S/C16H29NO3/c1-8-9-17-11(18)10-20-13(16(5,6)7)12(14(17)19)15(2,3)4/h12-13H,8-10H2,1-7H3. The van der Waals surface area contributed by atoms with Crippen LogP contribution in [0.4, 0.5) is 0 Å². The lowest BCUT2D eigenvalue weighted by atomic mass is 9.69. The molecule has 1 saturated heterocycles. The van der Waals surface area contributed by atoms with Gasteiger partial charge in [0.25, 0.3) is 5.91 Å². The van der Waals surface area contributed by atoms with E-state index in [0.29, 0.717) is 6.54 Å². The summed E-state index contributed by atoms with van der Waals surface area (Å²) in [7, 11) is 0. The first-order valence-corrected chi connectivity index (χ1v) is 7.46. The van der Waals surface area contributed by atoms with Crippen molar-refractivity contribution in [3.05, 3.63) is 0 Å². The number of ether oxygens (including phenoxy) is 1. The van der Waals surface area contributed by atoms with Gasteiger partial charge in [-0.3, -0.25) is 14.5 Å². The number of carbonyl (C=O) groups excluding carboxylic acids is 2. The molecule has 0 spiro atoms. The van der Waals surface area contributed by atoms with E-state index < -0.39 is 0 Å². The Kier molecular flexibility index (Phi) is 5.01. The zero-order valence-electron chi connectivity index (χ0n) is 13.9. The first kappa shape index (κ1) is 17.2. The lowest BCUT2D eigenvalue weighted by molar-refractivity contribution is -0.149. The largest absolute Gasteiger partial charge is 0.367 e. The molecule has 0 aromatic carbocycles. The number of amides is 2. The molecule has 1 rings (SSSR count). The Balaban J connectivity index is 3.24. The number of carbonyl (C=O) groups is 2. The highest BCUT2D eigenvalue weighted by Crippen LogP contribution is 2.40. The summed E-state index contributed by atoms with van der Waals surface area (Å²) in [4.78, 5) is 26.4. The molecule has 116 valence electrons. The van der Waals surface area contributed by atoms with Crippen molar-refractivity contribution < 1.29 is 14.3 Å². The fraction of sp³-hybridized carbons (Fsp3) is 0.875. The molecule has 0 aromatic heterocycles. The van der Waals surface area contributed by atoms with E-state index >= 15 is 0 Å². The van der Waals surface area contributed by atoms with Crippen LogP contribution in [-0.4, -0.2) is 36.0 Å². The van der Waals surface area contributed by atoms with E-state index in [1.165, 1.54) is 4.90 Å². The molecule has 1 aliphatic rings.